The van der Waals surface area contributed by atoms with Gasteiger partial charge in [0.1, 0.15) is 17.7 Å². The molecule has 0 unspecified atom stereocenters. The number of sulfonamides is 1. The molecule has 2 aromatic carbocycles. The average molecular weight is 632 g/mol. The van der Waals surface area contributed by atoms with E-state index in [2.05, 4.69) is 15.4 Å². The zero-order chi connectivity index (χ0) is 32.1. The molecule has 1 saturated heterocycles. The Balaban J connectivity index is 1.39. The molecule has 11 heteroatoms. The minimum atomic E-state index is -3.78. The number of rotatable bonds is 9. The number of alkyl halides is 1. The molecule has 44 heavy (non-hydrogen) atoms. The van der Waals surface area contributed by atoms with Crippen LogP contribution in [0.1, 0.15) is 89.7 Å². The highest BCUT2D eigenvalue weighted by Crippen LogP contribution is 2.45. The summed E-state index contributed by atoms with van der Waals surface area (Å²) in [7, 11) is -3.78. The fourth-order valence-corrected chi connectivity index (χ4v) is 7.39. The molecular formula is C33H43F2N3O5S. The molecule has 1 aliphatic heterocycles. The van der Waals surface area contributed by atoms with Crippen molar-refractivity contribution >= 4 is 21.8 Å². The predicted octanol–water partition coefficient (Wildman–Crippen LogP) is 5.01. The number of benzene rings is 2. The highest BCUT2D eigenvalue weighted by molar-refractivity contribution is 7.89. The van der Waals surface area contributed by atoms with Crippen LogP contribution in [0.5, 0.6) is 5.75 Å². The van der Waals surface area contributed by atoms with Gasteiger partial charge >= 0.3 is 0 Å². The molecule has 3 fully saturated rings. The highest BCUT2D eigenvalue weighted by atomic mass is 32.2. The molecule has 0 aromatic heterocycles. The third-order valence-corrected chi connectivity index (χ3v) is 10.1. The summed E-state index contributed by atoms with van der Waals surface area (Å²) in [6.45, 7) is 7.06. The van der Waals surface area contributed by atoms with Crippen molar-refractivity contribution in [3.05, 3.63) is 53.3 Å². The van der Waals surface area contributed by atoms with Crippen LogP contribution < -0.4 is 20.1 Å². The fourth-order valence-electron chi connectivity index (χ4n) is 6.80. The van der Waals surface area contributed by atoms with E-state index in [1.807, 2.05) is 13.8 Å². The van der Waals surface area contributed by atoms with Gasteiger partial charge in [0.25, 0.3) is 5.91 Å². The number of halogens is 2. The van der Waals surface area contributed by atoms with E-state index in [4.69, 9.17) is 4.74 Å². The Bertz CT molecular complexity index is 1560. The van der Waals surface area contributed by atoms with Crippen LogP contribution in [0.3, 0.4) is 0 Å². The molecule has 3 atom stereocenters. The summed E-state index contributed by atoms with van der Waals surface area (Å²) in [4.78, 5) is 26.0. The Labute approximate surface area is 258 Å². The second kappa shape index (κ2) is 11.7. The lowest BCUT2D eigenvalue weighted by Gasteiger charge is -2.38. The van der Waals surface area contributed by atoms with Gasteiger partial charge in [0.15, 0.2) is 0 Å². The molecule has 8 nitrogen and oxygen atoms in total. The summed E-state index contributed by atoms with van der Waals surface area (Å²) < 4.78 is 62.9. The predicted molar refractivity (Wildman–Crippen MR) is 165 cm³/mol. The molecule has 1 spiro atoms. The summed E-state index contributed by atoms with van der Waals surface area (Å²) in [5.74, 6) is -1.31. The number of hydrogen-bond acceptors (Lipinski definition) is 6. The molecule has 0 radical (unpaired) electrons. The third-order valence-electron chi connectivity index (χ3n) is 9.56. The van der Waals surface area contributed by atoms with Crippen LogP contribution in [0.15, 0.2) is 36.4 Å². The number of carbonyl (C=O) groups excluding carboxylic acids is 2. The summed E-state index contributed by atoms with van der Waals surface area (Å²) in [5.41, 5.74) is -1.18. The van der Waals surface area contributed by atoms with Crippen LogP contribution in [0, 0.1) is 5.82 Å². The Hall–Kier alpha value is -3.05. The van der Waals surface area contributed by atoms with E-state index in [1.54, 1.807) is 44.2 Å². The molecule has 3 N–H and O–H groups in total. The van der Waals surface area contributed by atoms with Crippen LogP contribution in [-0.2, 0) is 25.0 Å². The van der Waals surface area contributed by atoms with Gasteiger partial charge in [-0.15, -0.1) is 0 Å². The van der Waals surface area contributed by atoms with Crippen LogP contribution in [0.2, 0.25) is 0 Å². The molecule has 5 rings (SSSR count). The normalized spacial score (nSPS) is 24.7. The number of hydrogen-bond donors (Lipinski definition) is 3. The van der Waals surface area contributed by atoms with Crippen molar-refractivity contribution in [2.45, 2.75) is 107 Å². The SMILES string of the molecule is CC(C)c1c(F)cccc1-c1cc(C(C)(C)C(=O)NS(C)(=O)=O)ccc1O[C@@H]1CC[C@@H](NC(=O)[C@@]2(F)CNC3(CCC3)C2)C1. The first kappa shape index (κ1) is 32.3. The maximum Gasteiger partial charge on any atom is 0.259 e. The molecular weight excluding hydrogens is 588 g/mol. The summed E-state index contributed by atoms with van der Waals surface area (Å²) >= 11 is 0. The standard InChI is InChI=1S/C33H43F2N3O5S/c1-20(2)28-24(8-6-9-26(28)34)25-16-21(31(3,4)29(39)38-44(5,41)42)10-13-27(25)43-23-12-11-22(17-23)37-30(40)33(35)18-32(36-19-33)14-7-15-32/h6,8-10,13,16,20,22-23,36H,7,11-12,14-15,17-19H2,1-5H3,(H,37,40)(H,38,39)/t22-,23-,33+/m1/s1. The van der Waals surface area contributed by atoms with Crippen molar-refractivity contribution in [3.63, 3.8) is 0 Å². The lowest BCUT2D eigenvalue weighted by Crippen LogP contribution is -2.49. The third kappa shape index (κ3) is 6.49. The first-order chi connectivity index (χ1) is 20.5. The monoisotopic (exact) mass is 631 g/mol. The van der Waals surface area contributed by atoms with Gasteiger partial charge in [-0.05, 0) is 86.8 Å². The van der Waals surface area contributed by atoms with Crippen LogP contribution in [-0.4, -0.2) is 56.4 Å². The van der Waals surface area contributed by atoms with Gasteiger partial charge in [0.05, 0.1) is 11.7 Å². The van der Waals surface area contributed by atoms with Gasteiger partial charge in [0, 0.05) is 36.5 Å². The second-order valence-electron chi connectivity index (χ2n) is 13.7. The Kier molecular flexibility index (Phi) is 8.61. The largest absolute Gasteiger partial charge is 0.490 e. The van der Waals surface area contributed by atoms with E-state index >= 15 is 8.78 Å². The molecule has 2 saturated carbocycles. The lowest BCUT2D eigenvalue weighted by atomic mass is 9.74. The van der Waals surface area contributed by atoms with Gasteiger partial charge in [0.2, 0.25) is 21.6 Å². The Morgan fingerprint density at radius 1 is 1.11 bits per heavy atom. The minimum absolute atomic E-state index is 0.0333. The zero-order valence-corrected chi connectivity index (χ0v) is 26.9. The van der Waals surface area contributed by atoms with Crippen molar-refractivity contribution < 1.29 is 31.5 Å². The van der Waals surface area contributed by atoms with Crippen LogP contribution in [0.25, 0.3) is 11.1 Å². The topological polar surface area (TPSA) is 114 Å². The van der Waals surface area contributed by atoms with Crippen molar-refractivity contribution in [2.24, 2.45) is 0 Å². The van der Waals surface area contributed by atoms with E-state index in [0.29, 0.717) is 47.3 Å². The number of nitrogens with one attached hydrogen (secondary N) is 3. The van der Waals surface area contributed by atoms with Gasteiger partial charge < -0.3 is 15.4 Å². The number of ether oxygens (including phenoxy) is 1. The average Bonchev–Trinajstić information content (AvgIpc) is 3.52. The first-order valence-electron chi connectivity index (χ1n) is 15.4. The Morgan fingerprint density at radius 2 is 1.84 bits per heavy atom. The van der Waals surface area contributed by atoms with Crippen molar-refractivity contribution in [1.82, 2.24) is 15.4 Å². The van der Waals surface area contributed by atoms with E-state index in [9.17, 15) is 18.0 Å². The molecule has 0 bridgehead atoms. The van der Waals surface area contributed by atoms with Gasteiger partial charge in [-0.1, -0.05) is 32.0 Å². The van der Waals surface area contributed by atoms with E-state index in [1.165, 1.54) is 6.07 Å². The van der Waals surface area contributed by atoms with E-state index in [0.717, 1.165) is 25.5 Å². The molecule has 2 aromatic rings. The van der Waals surface area contributed by atoms with Crippen LogP contribution in [0.4, 0.5) is 8.78 Å². The van der Waals surface area contributed by atoms with E-state index < -0.39 is 32.9 Å². The minimum Gasteiger partial charge on any atom is -0.490 e. The number of carbonyl (C=O) groups is 2. The maximum absolute atomic E-state index is 15.6. The van der Waals surface area contributed by atoms with Gasteiger partial charge in [-0.2, -0.15) is 0 Å². The quantitative estimate of drug-likeness (QED) is 0.359. The molecule has 240 valence electrons. The van der Waals surface area contributed by atoms with Crippen molar-refractivity contribution in [2.75, 3.05) is 12.8 Å². The van der Waals surface area contributed by atoms with Crippen molar-refractivity contribution in [3.8, 4) is 16.9 Å². The summed E-state index contributed by atoms with van der Waals surface area (Å²) in [6, 6.07) is 9.77. The van der Waals surface area contributed by atoms with Crippen LogP contribution >= 0.6 is 0 Å². The Morgan fingerprint density at radius 3 is 2.45 bits per heavy atom. The first-order valence-corrected chi connectivity index (χ1v) is 17.3. The summed E-state index contributed by atoms with van der Waals surface area (Å²) in [6.07, 6.45) is 5.46. The zero-order valence-electron chi connectivity index (χ0n) is 26.1. The highest BCUT2D eigenvalue weighted by Gasteiger charge is 2.55. The molecule has 2 amide bonds. The van der Waals surface area contributed by atoms with Gasteiger partial charge in [-0.3, -0.25) is 14.3 Å². The second-order valence-corrected chi connectivity index (χ2v) is 15.5. The maximum atomic E-state index is 15.6. The van der Waals surface area contributed by atoms with Crippen molar-refractivity contribution in [1.29, 1.82) is 0 Å². The number of amides is 2. The van der Waals surface area contributed by atoms with Gasteiger partial charge in [-0.25, -0.2) is 17.2 Å². The molecule has 3 aliphatic rings. The molecule has 1 heterocycles. The lowest BCUT2D eigenvalue weighted by molar-refractivity contribution is -0.133. The molecule has 2 aliphatic carbocycles. The fraction of sp³-hybridized carbons (Fsp3) is 0.576. The smallest absolute Gasteiger partial charge is 0.259 e. The summed E-state index contributed by atoms with van der Waals surface area (Å²) in [5, 5.41) is 6.16. The van der Waals surface area contributed by atoms with E-state index in [-0.39, 0.29) is 42.4 Å².